The molecule has 0 saturated carbocycles. The second-order valence-electron chi connectivity index (χ2n) is 6.03. The number of hydrogen-bond donors (Lipinski definition) is 0. The standard InChI is InChI=1S/C17H20ClF3N4OS/c1-12(11-27-2)16(26)24(8-4-6-17(19,20)21)14-10-25(23-15(14)18)13-5-3-7-22-9-13/h3,5,7,9-10,12H,4,6,8,11H2,1-2H3. The minimum absolute atomic E-state index is 0.0514. The van der Waals surface area contributed by atoms with Crippen LogP contribution in [0.15, 0.2) is 30.7 Å². The van der Waals surface area contributed by atoms with Crippen LogP contribution in [0.2, 0.25) is 5.15 Å². The topological polar surface area (TPSA) is 51.0 Å². The van der Waals surface area contributed by atoms with Crippen molar-refractivity contribution in [3.63, 3.8) is 0 Å². The molecule has 148 valence electrons. The molecule has 0 aliphatic heterocycles. The summed E-state index contributed by atoms with van der Waals surface area (Å²) in [7, 11) is 0. The van der Waals surface area contributed by atoms with E-state index in [-0.39, 0.29) is 29.9 Å². The van der Waals surface area contributed by atoms with Crippen molar-refractivity contribution in [3.05, 3.63) is 35.9 Å². The van der Waals surface area contributed by atoms with E-state index in [2.05, 4.69) is 10.1 Å². The Hall–Kier alpha value is -1.74. The minimum Gasteiger partial charge on any atom is -0.308 e. The number of aromatic nitrogens is 3. The fraction of sp³-hybridized carbons (Fsp3) is 0.471. The van der Waals surface area contributed by atoms with Gasteiger partial charge in [-0.05, 0) is 24.8 Å². The molecule has 2 aromatic heterocycles. The van der Waals surface area contributed by atoms with Gasteiger partial charge < -0.3 is 4.90 Å². The molecule has 0 aliphatic carbocycles. The summed E-state index contributed by atoms with van der Waals surface area (Å²) in [6.07, 6.45) is 1.12. The van der Waals surface area contributed by atoms with E-state index >= 15 is 0 Å². The molecule has 0 spiro atoms. The van der Waals surface area contributed by atoms with Crippen LogP contribution in [0.25, 0.3) is 5.69 Å². The zero-order valence-corrected chi connectivity index (χ0v) is 16.5. The summed E-state index contributed by atoms with van der Waals surface area (Å²) in [6, 6.07) is 3.48. The lowest BCUT2D eigenvalue weighted by molar-refractivity contribution is -0.135. The van der Waals surface area contributed by atoms with Gasteiger partial charge in [-0.15, -0.1) is 0 Å². The van der Waals surface area contributed by atoms with Gasteiger partial charge in [0.05, 0.1) is 18.1 Å². The van der Waals surface area contributed by atoms with Gasteiger partial charge in [0.2, 0.25) is 5.91 Å². The maximum Gasteiger partial charge on any atom is 0.389 e. The summed E-state index contributed by atoms with van der Waals surface area (Å²) in [5.41, 5.74) is 0.922. The highest BCUT2D eigenvalue weighted by Crippen LogP contribution is 2.29. The summed E-state index contributed by atoms with van der Waals surface area (Å²) in [6.45, 7) is 1.66. The number of nitrogens with zero attached hydrogens (tertiary/aromatic N) is 4. The van der Waals surface area contributed by atoms with E-state index in [1.54, 1.807) is 31.5 Å². The molecule has 0 bridgehead atoms. The van der Waals surface area contributed by atoms with Crippen molar-refractivity contribution in [2.24, 2.45) is 5.92 Å². The molecule has 0 N–H and O–H groups in total. The summed E-state index contributed by atoms with van der Waals surface area (Å²) < 4.78 is 39.1. The van der Waals surface area contributed by atoms with Gasteiger partial charge in [-0.3, -0.25) is 9.78 Å². The van der Waals surface area contributed by atoms with Crippen molar-refractivity contribution < 1.29 is 18.0 Å². The highest BCUT2D eigenvalue weighted by molar-refractivity contribution is 7.98. The van der Waals surface area contributed by atoms with Crippen LogP contribution in [0.4, 0.5) is 18.9 Å². The second-order valence-corrected chi connectivity index (χ2v) is 7.29. The molecule has 0 aliphatic rings. The van der Waals surface area contributed by atoms with Crippen molar-refractivity contribution in [2.45, 2.75) is 25.9 Å². The van der Waals surface area contributed by atoms with E-state index in [9.17, 15) is 18.0 Å². The van der Waals surface area contributed by atoms with Crippen molar-refractivity contribution in [1.29, 1.82) is 0 Å². The van der Waals surface area contributed by atoms with Gasteiger partial charge in [0.15, 0.2) is 5.15 Å². The van der Waals surface area contributed by atoms with Crippen molar-refractivity contribution in [3.8, 4) is 5.69 Å². The lowest BCUT2D eigenvalue weighted by Crippen LogP contribution is -2.37. The Morgan fingerprint density at radius 3 is 2.78 bits per heavy atom. The van der Waals surface area contributed by atoms with Gasteiger partial charge in [-0.25, -0.2) is 4.68 Å². The first-order chi connectivity index (χ1) is 12.7. The molecule has 0 radical (unpaired) electrons. The fourth-order valence-corrected chi connectivity index (χ4v) is 3.40. The molecule has 1 amide bonds. The summed E-state index contributed by atoms with van der Waals surface area (Å²) in [5, 5.41) is 4.22. The van der Waals surface area contributed by atoms with Gasteiger partial charge in [-0.1, -0.05) is 18.5 Å². The molecule has 27 heavy (non-hydrogen) atoms. The molecule has 5 nitrogen and oxygen atoms in total. The molecular formula is C17H20ClF3N4OS. The second kappa shape index (κ2) is 9.45. The van der Waals surface area contributed by atoms with Crippen molar-refractivity contribution in [1.82, 2.24) is 14.8 Å². The molecule has 2 rings (SSSR count). The number of carbonyl (C=O) groups excluding carboxylic acids is 1. The average Bonchev–Trinajstić information content (AvgIpc) is 3.00. The van der Waals surface area contributed by atoms with Gasteiger partial charge in [-0.2, -0.15) is 30.0 Å². The zero-order valence-electron chi connectivity index (χ0n) is 14.9. The molecule has 2 aromatic rings. The normalized spacial score (nSPS) is 12.8. The Kier molecular flexibility index (Phi) is 7.55. The van der Waals surface area contributed by atoms with E-state index < -0.39 is 12.6 Å². The number of carbonyl (C=O) groups is 1. The van der Waals surface area contributed by atoms with Gasteiger partial charge >= 0.3 is 6.18 Å². The van der Waals surface area contributed by atoms with Crippen LogP contribution in [0.5, 0.6) is 0 Å². The van der Waals surface area contributed by atoms with Crippen LogP contribution >= 0.6 is 23.4 Å². The molecule has 1 atom stereocenters. The Morgan fingerprint density at radius 2 is 2.19 bits per heavy atom. The number of thioether (sulfide) groups is 1. The minimum atomic E-state index is -4.27. The summed E-state index contributed by atoms with van der Waals surface area (Å²) >= 11 is 7.71. The predicted octanol–water partition coefficient (Wildman–Crippen LogP) is 4.60. The monoisotopic (exact) mass is 420 g/mol. The van der Waals surface area contributed by atoms with E-state index in [0.29, 0.717) is 17.1 Å². The van der Waals surface area contributed by atoms with Gasteiger partial charge in [0.1, 0.15) is 5.69 Å². The van der Waals surface area contributed by atoms with Crippen LogP contribution in [0.3, 0.4) is 0 Å². The van der Waals surface area contributed by atoms with Gasteiger partial charge in [0, 0.05) is 30.8 Å². The SMILES string of the molecule is CSCC(C)C(=O)N(CCCC(F)(F)F)c1cn(-c2cccnc2)nc1Cl. The molecule has 0 aromatic carbocycles. The van der Waals surface area contributed by atoms with Gasteiger partial charge in [0.25, 0.3) is 0 Å². The first kappa shape index (κ1) is 21.6. The van der Waals surface area contributed by atoms with Crippen molar-refractivity contribution in [2.75, 3.05) is 23.5 Å². The Balaban J connectivity index is 2.29. The third-order valence-electron chi connectivity index (χ3n) is 3.80. The van der Waals surface area contributed by atoms with Crippen LogP contribution in [0, 0.1) is 5.92 Å². The number of anilines is 1. The Morgan fingerprint density at radius 1 is 1.44 bits per heavy atom. The quantitative estimate of drug-likeness (QED) is 0.626. The number of hydrogen-bond acceptors (Lipinski definition) is 4. The van der Waals surface area contributed by atoms with E-state index in [4.69, 9.17) is 11.6 Å². The van der Waals surface area contributed by atoms with Crippen LogP contribution in [0.1, 0.15) is 19.8 Å². The lowest BCUT2D eigenvalue weighted by atomic mass is 10.1. The molecule has 0 saturated heterocycles. The van der Waals surface area contributed by atoms with Crippen LogP contribution in [-0.2, 0) is 4.79 Å². The molecule has 1 unspecified atom stereocenters. The first-order valence-electron chi connectivity index (χ1n) is 8.25. The third-order valence-corrected chi connectivity index (χ3v) is 4.90. The molecule has 2 heterocycles. The summed E-state index contributed by atoms with van der Waals surface area (Å²) in [5.74, 6) is -0.0777. The number of pyridine rings is 1. The average molecular weight is 421 g/mol. The molecule has 0 fully saturated rings. The predicted molar refractivity (Wildman–Crippen MR) is 102 cm³/mol. The van der Waals surface area contributed by atoms with E-state index in [1.807, 2.05) is 6.26 Å². The highest BCUT2D eigenvalue weighted by atomic mass is 35.5. The number of halogens is 4. The number of rotatable bonds is 8. The fourth-order valence-electron chi connectivity index (χ4n) is 2.52. The highest BCUT2D eigenvalue weighted by Gasteiger charge is 2.29. The lowest BCUT2D eigenvalue weighted by Gasteiger charge is -2.25. The summed E-state index contributed by atoms with van der Waals surface area (Å²) in [4.78, 5) is 18.1. The van der Waals surface area contributed by atoms with E-state index in [0.717, 1.165) is 0 Å². The largest absolute Gasteiger partial charge is 0.389 e. The van der Waals surface area contributed by atoms with Crippen molar-refractivity contribution >= 4 is 35.0 Å². The molecular weight excluding hydrogens is 401 g/mol. The maximum atomic E-state index is 12.8. The smallest absolute Gasteiger partial charge is 0.308 e. The Bertz CT molecular complexity index is 754. The van der Waals surface area contributed by atoms with Crippen LogP contribution in [-0.4, -0.2) is 45.4 Å². The zero-order chi connectivity index (χ0) is 20.0. The third kappa shape index (κ3) is 6.14. The maximum absolute atomic E-state index is 12.8. The Labute approximate surface area is 164 Å². The number of amides is 1. The van der Waals surface area contributed by atoms with E-state index in [1.165, 1.54) is 27.5 Å². The molecule has 10 heteroatoms. The van der Waals surface area contributed by atoms with Crippen LogP contribution < -0.4 is 4.90 Å². The number of alkyl halides is 3. The first-order valence-corrected chi connectivity index (χ1v) is 10.0.